The van der Waals surface area contributed by atoms with E-state index in [0.717, 1.165) is 0 Å². The lowest BCUT2D eigenvalue weighted by atomic mass is 10.1. The highest BCUT2D eigenvalue weighted by molar-refractivity contribution is 4.75. The van der Waals surface area contributed by atoms with Gasteiger partial charge in [-0.2, -0.15) is 0 Å². The van der Waals surface area contributed by atoms with Crippen molar-refractivity contribution in [1.82, 2.24) is 0 Å². The number of methoxy groups -OCH3 is 2. The van der Waals surface area contributed by atoms with E-state index in [4.69, 9.17) is 0 Å². The van der Waals surface area contributed by atoms with Crippen LogP contribution >= 0.6 is 0 Å². The van der Waals surface area contributed by atoms with Crippen LogP contribution in [-0.4, -0.2) is 36.0 Å². The van der Waals surface area contributed by atoms with E-state index in [1.54, 1.807) is 0 Å². The van der Waals surface area contributed by atoms with E-state index in [1.807, 2.05) is 0 Å². The van der Waals surface area contributed by atoms with Crippen LogP contribution in [-0.2, 0) is 9.47 Å². The summed E-state index contributed by atoms with van der Waals surface area (Å²) in [5.74, 6) is -3.36. The zero-order valence-corrected chi connectivity index (χ0v) is 6.71. The Bertz CT molecular complexity index is 94.3. The van der Waals surface area contributed by atoms with E-state index in [-0.39, 0.29) is 0 Å². The summed E-state index contributed by atoms with van der Waals surface area (Å²) < 4.78 is 9.15. The second kappa shape index (κ2) is 2.84. The SMILES string of the molecule is COC(C)(O)C(C)(O)OC. The minimum atomic E-state index is -1.68. The smallest absolute Gasteiger partial charge is 0.217 e. The van der Waals surface area contributed by atoms with Crippen molar-refractivity contribution in [3.8, 4) is 0 Å². The first kappa shape index (κ1) is 9.84. The molecule has 0 radical (unpaired) electrons. The molecule has 0 aromatic heterocycles. The molecule has 0 aliphatic heterocycles. The molecule has 0 saturated heterocycles. The first-order valence-electron chi connectivity index (χ1n) is 2.92. The van der Waals surface area contributed by atoms with E-state index in [1.165, 1.54) is 28.1 Å². The van der Waals surface area contributed by atoms with Crippen molar-refractivity contribution in [2.24, 2.45) is 0 Å². The number of aliphatic hydroxyl groups is 2. The van der Waals surface area contributed by atoms with Crippen molar-refractivity contribution >= 4 is 0 Å². The van der Waals surface area contributed by atoms with Crippen LogP contribution in [0.4, 0.5) is 0 Å². The van der Waals surface area contributed by atoms with Crippen molar-refractivity contribution in [2.45, 2.75) is 25.4 Å². The minimum Gasteiger partial charge on any atom is -0.362 e. The lowest BCUT2D eigenvalue weighted by Gasteiger charge is -2.35. The van der Waals surface area contributed by atoms with Gasteiger partial charge in [0.2, 0.25) is 11.6 Å². The topological polar surface area (TPSA) is 58.9 Å². The van der Waals surface area contributed by atoms with Crippen LogP contribution in [0.3, 0.4) is 0 Å². The molecule has 0 heterocycles. The van der Waals surface area contributed by atoms with E-state index >= 15 is 0 Å². The zero-order chi connectivity index (χ0) is 8.41. The molecule has 4 heteroatoms. The van der Waals surface area contributed by atoms with E-state index < -0.39 is 11.6 Å². The summed E-state index contributed by atoms with van der Waals surface area (Å²) in [6, 6.07) is 0. The van der Waals surface area contributed by atoms with Gasteiger partial charge < -0.3 is 19.7 Å². The second-order valence-electron chi connectivity index (χ2n) is 2.37. The molecule has 0 bridgehead atoms. The fourth-order valence-electron chi connectivity index (χ4n) is 0.379. The Kier molecular flexibility index (Phi) is 2.79. The molecule has 0 rings (SSSR count). The van der Waals surface area contributed by atoms with Gasteiger partial charge in [-0.05, 0) is 13.8 Å². The maximum atomic E-state index is 9.25. The largest absolute Gasteiger partial charge is 0.362 e. The third-order valence-corrected chi connectivity index (χ3v) is 1.66. The van der Waals surface area contributed by atoms with Gasteiger partial charge in [-0.15, -0.1) is 0 Å². The summed E-state index contributed by atoms with van der Waals surface area (Å²) in [7, 11) is 2.57. The Morgan fingerprint density at radius 3 is 1.20 bits per heavy atom. The summed E-state index contributed by atoms with van der Waals surface area (Å²) in [4.78, 5) is 0. The molecule has 2 unspecified atom stereocenters. The molecule has 0 aliphatic carbocycles. The van der Waals surface area contributed by atoms with Gasteiger partial charge in [-0.25, -0.2) is 0 Å². The second-order valence-corrected chi connectivity index (χ2v) is 2.37. The van der Waals surface area contributed by atoms with Crippen molar-refractivity contribution in [3.63, 3.8) is 0 Å². The molecule has 0 aromatic carbocycles. The molecule has 0 amide bonds. The lowest BCUT2D eigenvalue weighted by molar-refractivity contribution is -0.356. The number of rotatable bonds is 3. The summed E-state index contributed by atoms with van der Waals surface area (Å²) in [6.07, 6.45) is 0. The predicted octanol–water partition coefficient (Wildman–Crippen LogP) is -0.304. The Balaban J connectivity index is 4.28. The Hall–Kier alpha value is -0.160. The molecular weight excluding hydrogens is 136 g/mol. The minimum absolute atomic E-state index is 1.29. The Morgan fingerprint density at radius 2 is 1.10 bits per heavy atom. The van der Waals surface area contributed by atoms with Gasteiger partial charge in [-0.3, -0.25) is 0 Å². The number of hydrogen-bond donors (Lipinski definition) is 2. The van der Waals surface area contributed by atoms with Crippen LogP contribution in [0.5, 0.6) is 0 Å². The number of hydrogen-bond acceptors (Lipinski definition) is 4. The maximum Gasteiger partial charge on any atom is 0.217 e. The van der Waals surface area contributed by atoms with Crippen molar-refractivity contribution < 1.29 is 19.7 Å². The highest BCUT2D eigenvalue weighted by atomic mass is 16.7. The van der Waals surface area contributed by atoms with Gasteiger partial charge in [0, 0.05) is 14.2 Å². The molecule has 2 N–H and O–H groups in total. The van der Waals surface area contributed by atoms with E-state index in [2.05, 4.69) is 9.47 Å². The monoisotopic (exact) mass is 150 g/mol. The zero-order valence-electron chi connectivity index (χ0n) is 6.71. The molecule has 0 spiro atoms. The molecule has 62 valence electrons. The summed E-state index contributed by atoms with van der Waals surface area (Å²) in [5, 5.41) is 18.5. The molecular formula is C6H14O4. The van der Waals surface area contributed by atoms with Crippen LogP contribution < -0.4 is 0 Å². The van der Waals surface area contributed by atoms with Gasteiger partial charge in [0.15, 0.2) is 0 Å². The van der Waals surface area contributed by atoms with Crippen LogP contribution in [0.25, 0.3) is 0 Å². The normalized spacial score (nSPS) is 23.4. The molecule has 4 nitrogen and oxygen atoms in total. The third-order valence-electron chi connectivity index (χ3n) is 1.66. The fourth-order valence-corrected chi connectivity index (χ4v) is 0.379. The molecule has 0 fully saturated rings. The Labute approximate surface area is 60.4 Å². The highest BCUT2D eigenvalue weighted by Gasteiger charge is 2.42. The molecule has 10 heavy (non-hydrogen) atoms. The fraction of sp³-hybridized carbons (Fsp3) is 1.00. The summed E-state index contributed by atoms with van der Waals surface area (Å²) >= 11 is 0. The van der Waals surface area contributed by atoms with Gasteiger partial charge in [0.25, 0.3) is 0 Å². The number of ether oxygens (including phenoxy) is 2. The lowest BCUT2D eigenvalue weighted by Crippen LogP contribution is -2.52. The third kappa shape index (κ3) is 1.67. The average Bonchev–Trinajstić information content (AvgIpc) is 1.88. The van der Waals surface area contributed by atoms with Crippen molar-refractivity contribution in [3.05, 3.63) is 0 Å². The first-order valence-corrected chi connectivity index (χ1v) is 2.92. The highest BCUT2D eigenvalue weighted by Crippen LogP contribution is 2.22. The summed E-state index contributed by atoms with van der Waals surface area (Å²) in [6.45, 7) is 2.63. The Morgan fingerprint density at radius 1 is 0.900 bits per heavy atom. The van der Waals surface area contributed by atoms with E-state index in [0.29, 0.717) is 0 Å². The van der Waals surface area contributed by atoms with Gasteiger partial charge in [0.1, 0.15) is 0 Å². The van der Waals surface area contributed by atoms with E-state index in [9.17, 15) is 10.2 Å². The van der Waals surface area contributed by atoms with Crippen LogP contribution in [0.2, 0.25) is 0 Å². The van der Waals surface area contributed by atoms with Gasteiger partial charge in [0.05, 0.1) is 0 Å². The quantitative estimate of drug-likeness (QED) is 0.542. The van der Waals surface area contributed by atoms with Crippen molar-refractivity contribution in [2.75, 3.05) is 14.2 Å². The van der Waals surface area contributed by atoms with Crippen LogP contribution in [0.1, 0.15) is 13.8 Å². The first-order chi connectivity index (χ1) is 4.37. The standard InChI is InChI=1S/C6H14O4/c1-5(7,9-3)6(2,8)10-4/h7-8H,1-4H3. The van der Waals surface area contributed by atoms with Gasteiger partial charge in [-0.1, -0.05) is 0 Å². The molecule has 2 atom stereocenters. The average molecular weight is 150 g/mol. The van der Waals surface area contributed by atoms with Crippen LogP contribution in [0.15, 0.2) is 0 Å². The maximum absolute atomic E-state index is 9.25. The van der Waals surface area contributed by atoms with Gasteiger partial charge >= 0.3 is 0 Å². The van der Waals surface area contributed by atoms with Crippen molar-refractivity contribution in [1.29, 1.82) is 0 Å². The molecule has 0 aromatic rings. The summed E-state index contributed by atoms with van der Waals surface area (Å²) in [5.41, 5.74) is 0. The van der Waals surface area contributed by atoms with Crippen LogP contribution in [0, 0.1) is 0 Å². The molecule has 0 saturated carbocycles. The molecule has 0 aliphatic rings. The predicted molar refractivity (Wildman–Crippen MR) is 35.3 cm³/mol.